The van der Waals surface area contributed by atoms with Crippen molar-refractivity contribution in [1.29, 1.82) is 0 Å². The Morgan fingerprint density at radius 1 is 1.39 bits per heavy atom. The van der Waals surface area contributed by atoms with Gasteiger partial charge in [0.05, 0.1) is 24.4 Å². The first-order chi connectivity index (χ1) is 11.1. The first-order valence-electron chi connectivity index (χ1n) is 7.26. The SMILES string of the molecule is O=[N+]([O-])c1ccc(/C=N/NC(=S)NCCN2CCOCC2)cc1. The number of nitro groups is 1. The van der Waals surface area contributed by atoms with E-state index in [9.17, 15) is 10.1 Å². The van der Waals surface area contributed by atoms with Crippen LogP contribution in [0.15, 0.2) is 29.4 Å². The number of non-ortho nitro benzene ring substituents is 1. The van der Waals surface area contributed by atoms with Gasteiger partial charge in [0.2, 0.25) is 0 Å². The highest BCUT2D eigenvalue weighted by Gasteiger charge is 2.09. The number of hydrazone groups is 1. The summed E-state index contributed by atoms with van der Waals surface area (Å²) < 4.78 is 5.29. The molecule has 0 aliphatic carbocycles. The maximum absolute atomic E-state index is 10.6. The molecule has 23 heavy (non-hydrogen) atoms. The Morgan fingerprint density at radius 2 is 2.09 bits per heavy atom. The summed E-state index contributed by atoms with van der Waals surface area (Å²) >= 11 is 5.12. The van der Waals surface area contributed by atoms with Crippen LogP contribution in [0, 0.1) is 10.1 Å². The number of nitrogens with zero attached hydrogens (tertiary/aromatic N) is 3. The minimum Gasteiger partial charge on any atom is -0.379 e. The van der Waals surface area contributed by atoms with Crippen molar-refractivity contribution >= 4 is 29.2 Å². The molecule has 2 N–H and O–H groups in total. The molecule has 1 fully saturated rings. The van der Waals surface area contributed by atoms with Crippen molar-refractivity contribution in [3.05, 3.63) is 39.9 Å². The Bertz CT molecular complexity index is 558. The van der Waals surface area contributed by atoms with E-state index in [0.717, 1.165) is 45.0 Å². The van der Waals surface area contributed by atoms with Crippen molar-refractivity contribution in [2.75, 3.05) is 39.4 Å². The summed E-state index contributed by atoms with van der Waals surface area (Å²) in [7, 11) is 0. The molecular weight excluding hydrogens is 318 g/mol. The lowest BCUT2D eigenvalue weighted by molar-refractivity contribution is -0.384. The van der Waals surface area contributed by atoms with Crippen molar-refractivity contribution in [2.24, 2.45) is 5.10 Å². The summed E-state index contributed by atoms with van der Waals surface area (Å²) in [6.07, 6.45) is 1.56. The van der Waals surface area contributed by atoms with E-state index in [1.165, 1.54) is 12.1 Å². The first kappa shape index (κ1) is 17.3. The highest BCUT2D eigenvalue weighted by atomic mass is 32.1. The Labute approximate surface area is 139 Å². The van der Waals surface area contributed by atoms with Crippen LogP contribution in [-0.4, -0.2) is 60.5 Å². The Hall–Kier alpha value is -2.10. The normalized spacial score (nSPS) is 15.5. The van der Waals surface area contributed by atoms with Crippen molar-refractivity contribution < 1.29 is 9.66 Å². The molecule has 2 rings (SSSR count). The number of morpholine rings is 1. The van der Waals surface area contributed by atoms with Gasteiger partial charge in [0, 0.05) is 38.3 Å². The summed E-state index contributed by atoms with van der Waals surface area (Å²) in [6, 6.07) is 6.11. The van der Waals surface area contributed by atoms with Gasteiger partial charge in [-0.3, -0.25) is 20.4 Å². The smallest absolute Gasteiger partial charge is 0.269 e. The Morgan fingerprint density at radius 3 is 2.74 bits per heavy atom. The van der Waals surface area contributed by atoms with Crippen molar-refractivity contribution in [3.63, 3.8) is 0 Å². The standard InChI is InChI=1S/C14H19N5O3S/c20-19(21)13-3-1-12(2-4-13)11-16-17-14(23)15-5-6-18-7-9-22-10-8-18/h1-4,11H,5-10H2,(H2,15,17,23)/b16-11+. The van der Waals surface area contributed by atoms with Crippen molar-refractivity contribution in [2.45, 2.75) is 0 Å². The van der Waals surface area contributed by atoms with Crippen LogP contribution in [0.4, 0.5) is 5.69 Å². The molecule has 124 valence electrons. The van der Waals surface area contributed by atoms with E-state index in [1.807, 2.05) is 0 Å². The third-order valence-corrected chi connectivity index (χ3v) is 3.54. The second kappa shape index (κ2) is 9.13. The number of nitro benzene ring substituents is 1. The van der Waals surface area contributed by atoms with E-state index in [4.69, 9.17) is 17.0 Å². The minimum absolute atomic E-state index is 0.0513. The van der Waals surface area contributed by atoms with Crippen LogP contribution in [0.2, 0.25) is 0 Å². The van der Waals surface area contributed by atoms with Crippen LogP contribution in [0.1, 0.15) is 5.56 Å². The highest BCUT2D eigenvalue weighted by Crippen LogP contribution is 2.10. The highest BCUT2D eigenvalue weighted by molar-refractivity contribution is 7.80. The van der Waals surface area contributed by atoms with Crippen LogP contribution in [-0.2, 0) is 4.74 Å². The van der Waals surface area contributed by atoms with Crippen LogP contribution in [0.5, 0.6) is 0 Å². The van der Waals surface area contributed by atoms with Crippen molar-refractivity contribution in [3.8, 4) is 0 Å². The monoisotopic (exact) mass is 337 g/mol. The Balaban J connectivity index is 1.65. The second-order valence-electron chi connectivity index (χ2n) is 4.93. The molecule has 1 aliphatic rings. The molecule has 8 nitrogen and oxygen atoms in total. The Kier molecular flexibility index (Phi) is 6.85. The van der Waals surface area contributed by atoms with E-state index in [2.05, 4.69) is 20.7 Å². The number of ether oxygens (including phenoxy) is 1. The predicted octanol–water partition coefficient (Wildman–Crippen LogP) is 0.725. The second-order valence-corrected chi connectivity index (χ2v) is 5.34. The molecule has 0 bridgehead atoms. The molecule has 1 heterocycles. The lowest BCUT2D eigenvalue weighted by atomic mass is 10.2. The lowest BCUT2D eigenvalue weighted by Crippen LogP contribution is -2.42. The number of rotatable bonds is 6. The predicted molar refractivity (Wildman–Crippen MR) is 91.7 cm³/mol. The van der Waals surface area contributed by atoms with E-state index in [0.29, 0.717) is 5.11 Å². The molecule has 0 amide bonds. The van der Waals surface area contributed by atoms with Gasteiger partial charge in [-0.1, -0.05) is 0 Å². The average Bonchev–Trinajstić information content (AvgIpc) is 2.56. The molecule has 1 saturated heterocycles. The van der Waals surface area contributed by atoms with E-state index in [1.54, 1.807) is 18.3 Å². The fraction of sp³-hybridized carbons (Fsp3) is 0.429. The number of thiocarbonyl (C=S) groups is 1. The first-order valence-corrected chi connectivity index (χ1v) is 7.67. The summed E-state index contributed by atoms with van der Waals surface area (Å²) in [5.74, 6) is 0. The van der Waals surface area contributed by atoms with Gasteiger partial charge in [-0.2, -0.15) is 5.10 Å². The van der Waals surface area contributed by atoms with Gasteiger partial charge in [0.1, 0.15) is 0 Å². The molecule has 1 aliphatic heterocycles. The third kappa shape index (κ3) is 6.27. The third-order valence-electron chi connectivity index (χ3n) is 3.30. The molecule has 0 aromatic heterocycles. The largest absolute Gasteiger partial charge is 0.379 e. The molecule has 0 atom stereocenters. The maximum atomic E-state index is 10.6. The number of hydrogen-bond donors (Lipinski definition) is 2. The molecule has 0 spiro atoms. The van der Waals surface area contributed by atoms with Gasteiger partial charge in [-0.05, 0) is 29.9 Å². The van der Waals surface area contributed by atoms with Gasteiger partial charge < -0.3 is 10.1 Å². The molecule has 9 heteroatoms. The molecule has 1 aromatic carbocycles. The summed E-state index contributed by atoms with van der Waals surface area (Å²) in [6.45, 7) is 5.08. The fourth-order valence-corrected chi connectivity index (χ4v) is 2.19. The zero-order chi connectivity index (χ0) is 16.5. The maximum Gasteiger partial charge on any atom is 0.269 e. The van der Waals surface area contributed by atoms with Crippen LogP contribution in [0.25, 0.3) is 0 Å². The van der Waals surface area contributed by atoms with E-state index >= 15 is 0 Å². The lowest BCUT2D eigenvalue weighted by Gasteiger charge is -2.26. The molecular formula is C14H19N5O3S. The van der Waals surface area contributed by atoms with E-state index < -0.39 is 4.92 Å². The minimum atomic E-state index is -0.438. The van der Waals surface area contributed by atoms with E-state index in [-0.39, 0.29) is 5.69 Å². The summed E-state index contributed by atoms with van der Waals surface area (Å²) in [5.41, 5.74) is 3.52. The number of benzene rings is 1. The number of hydrogen-bond acceptors (Lipinski definition) is 6. The summed E-state index contributed by atoms with van der Waals surface area (Å²) in [5, 5.41) is 18.1. The van der Waals surface area contributed by atoms with Gasteiger partial charge >= 0.3 is 0 Å². The molecule has 0 unspecified atom stereocenters. The fourth-order valence-electron chi connectivity index (χ4n) is 2.04. The van der Waals surface area contributed by atoms with Crippen LogP contribution < -0.4 is 10.7 Å². The zero-order valence-electron chi connectivity index (χ0n) is 12.6. The molecule has 1 aromatic rings. The van der Waals surface area contributed by atoms with Gasteiger partial charge in [-0.25, -0.2) is 0 Å². The zero-order valence-corrected chi connectivity index (χ0v) is 13.4. The number of nitrogens with one attached hydrogen (secondary N) is 2. The van der Waals surface area contributed by atoms with Gasteiger partial charge in [0.25, 0.3) is 5.69 Å². The molecule has 0 radical (unpaired) electrons. The van der Waals surface area contributed by atoms with Crippen LogP contribution >= 0.6 is 12.2 Å². The topological polar surface area (TPSA) is 92.0 Å². The van der Waals surface area contributed by atoms with Gasteiger partial charge in [-0.15, -0.1) is 0 Å². The summed E-state index contributed by atoms with van der Waals surface area (Å²) in [4.78, 5) is 12.4. The quantitative estimate of drug-likeness (QED) is 0.342. The van der Waals surface area contributed by atoms with Crippen molar-refractivity contribution in [1.82, 2.24) is 15.6 Å². The average molecular weight is 337 g/mol. The van der Waals surface area contributed by atoms with Crippen LogP contribution in [0.3, 0.4) is 0 Å². The van der Waals surface area contributed by atoms with Gasteiger partial charge in [0.15, 0.2) is 5.11 Å². The molecule has 0 saturated carbocycles.